The molecule has 0 aromatic heterocycles. The zero-order valence-electron chi connectivity index (χ0n) is 13.1. The van der Waals surface area contributed by atoms with Crippen LogP contribution in [0.2, 0.25) is 0 Å². The van der Waals surface area contributed by atoms with E-state index in [1.165, 1.54) is 44.9 Å². The van der Waals surface area contributed by atoms with E-state index in [1.54, 1.807) is 0 Å². The molecule has 19 heavy (non-hydrogen) atoms. The summed E-state index contributed by atoms with van der Waals surface area (Å²) < 4.78 is 0. The van der Waals surface area contributed by atoms with Crippen molar-refractivity contribution < 1.29 is 0 Å². The van der Waals surface area contributed by atoms with Crippen LogP contribution in [0.15, 0.2) is 0 Å². The van der Waals surface area contributed by atoms with Crippen molar-refractivity contribution in [2.45, 2.75) is 96.8 Å². The van der Waals surface area contributed by atoms with Gasteiger partial charge in [-0.3, -0.25) is 0 Å². The van der Waals surface area contributed by atoms with Crippen molar-refractivity contribution in [3.63, 3.8) is 0 Å². The van der Waals surface area contributed by atoms with Gasteiger partial charge in [0.25, 0.3) is 0 Å². The molecule has 2 atom stereocenters. The first-order chi connectivity index (χ1) is 9.04. The van der Waals surface area contributed by atoms with Crippen LogP contribution in [0.5, 0.6) is 0 Å². The van der Waals surface area contributed by atoms with Crippen LogP contribution in [-0.2, 0) is 0 Å². The maximum absolute atomic E-state index is 5.80. The molecule has 2 unspecified atom stereocenters. The predicted molar refractivity (Wildman–Crippen MR) is 86.4 cm³/mol. The van der Waals surface area contributed by atoms with Crippen LogP contribution in [0.4, 0.5) is 0 Å². The van der Waals surface area contributed by atoms with E-state index < -0.39 is 0 Å². The third-order valence-corrected chi connectivity index (χ3v) is 5.13. The fraction of sp³-hybridized carbons (Fsp3) is 0.938. The molecule has 0 aromatic rings. The lowest BCUT2D eigenvalue weighted by Gasteiger charge is -2.31. The predicted octanol–water partition coefficient (Wildman–Crippen LogP) is 4.19. The van der Waals surface area contributed by atoms with Gasteiger partial charge in [0.2, 0.25) is 0 Å². The third-order valence-electron chi connectivity index (χ3n) is 4.71. The number of hydrogen-bond acceptors (Lipinski definition) is 1. The van der Waals surface area contributed by atoms with E-state index in [1.807, 2.05) is 0 Å². The molecule has 2 rings (SSSR count). The Labute approximate surface area is 124 Å². The molecule has 0 bridgehead atoms. The summed E-state index contributed by atoms with van der Waals surface area (Å²) in [6.45, 7) is 9.17. The molecule has 1 aliphatic carbocycles. The Morgan fingerprint density at radius 2 is 1.16 bits per heavy atom. The van der Waals surface area contributed by atoms with Gasteiger partial charge in [-0.15, -0.1) is 0 Å². The number of hydrogen-bond donors (Lipinski definition) is 0. The second-order valence-corrected chi connectivity index (χ2v) is 7.13. The van der Waals surface area contributed by atoms with E-state index in [4.69, 9.17) is 12.2 Å². The molecular formula is C16H30N2S. The fourth-order valence-corrected chi connectivity index (χ4v) is 4.59. The van der Waals surface area contributed by atoms with Crippen LogP contribution in [0.25, 0.3) is 0 Å². The molecule has 110 valence electrons. The molecule has 1 saturated carbocycles. The fourth-order valence-electron chi connectivity index (χ4n) is 3.90. The zero-order chi connectivity index (χ0) is 14.0. The Balaban J connectivity index is 2.25. The highest BCUT2D eigenvalue weighted by Crippen LogP contribution is 2.34. The molecule has 0 radical (unpaired) electrons. The average molecular weight is 282 g/mol. The van der Waals surface area contributed by atoms with Gasteiger partial charge in [-0.2, -0.15) is 0 Å². The highest BCUT2D eigenvalue weighted by atomic mass is 32.1. The topological polar surface area (TPSA) is 6.48 Å². The molecule has 2 fully saturated rings. The van der Waals surface area contributed by atoms with Gasteiger partial charge in [0, 0.05) is 12.1 Å². The van der Waals surface area contributed by atoms with Crippen LogP contribution >= 0.6 is 12.2 Å². The molecule has 3 heteroatoms. The molecule has 2 aliphatic rings. The zero-order valence-corrected chi connectivity index (χ0v) is 13.9. The van der Waals surface area contributed by atoms with Gasteiger partial charge in [-0.05, 0) is 52.8 Å². The lowest BCUT2D eigenvalue weighted by atomic mass is 9.97. The number of thiocarbonyl (C=S) groups is 1. The van der Waals surface area contributed by atoms with E-state index in [0.717, 1.165) is 5.11 Å². The van der Waals surface area contributed by atoms with E-state index in [0.29, 0.717) is 24.2 Å². The Morgan fingerprint density at radius 1 is 0.789 bits per heavy atom. The lowest BCUT2D eigenvalue weighted by Crippen LogP contribution is -2.41. The highest BCUT2D eigenvalue weighted by Gasteiger charge is 2.44. The van der Waals surface area contributed by atoms with Crippen molar-refractivity contribution in [2.24, 2.45) is 0 Å². The maximum Gasteiger partial charge on any atom is 0.172 e. The van der Waals surface area contributed by atoms with E-state index in [-0.39, 0.29) is 0 Å². The second-order valence-electron chi connectivity index (χ2n) is 6.76. The van der Waals surface area contributed by atoms with Crippen molar-refractivity contribution >= 4 is 17.3 Å². The van der Waals surface area contributed by atoms with E-state index in [9.17, 15) is 0 Å². The lowest BCUT2D eigenvalue weighted by molar-refractivity contribution is 0.202. The molecule has 1 aliphatic heterocycles. The van der Waals surface area contributed by atoms with Crippen molar-refractivity contribution in [2.75, 3.05) is 0 Å². The number of nitrogens with zero attached hydrogens (tertiary/aromatic N) is 2. The van der Waals surface area contributed by atoms with Gasteiger partial charge >= 0.3 is 0 Å². The SMILES string of the molecule is CC(C)N1C(=S)N(C(C)C)C2CCCCCCCC21. The minimum Gasteiger partial charge on any atom is -0.342 e. The van der Waals surface area contributed by atoms with Crippen molar-refractivity contribution in [1.82, 2.24) is 9.80 Å². The maximum atomic E-state index is 5.80. The van der Waals surface area contributed by atoms with Gasteiger partial charge in [0.05, 0.1) is 12.1 Å². The monoisotopic (exact) mass is 282 g/mol. The Hall–Kier alpha value is -0.310. The first-order valence-electron chi connectivity index (χ1n) is 8.14. The Morgan fingerprint density at radius 3 is 1.53 bits per heavy atom. The van der Waals surface area contributed by atoms with Crippen LogP contribution in [0.3, 0.4) is 0 Å². The minimum atomic E-state index is 0.532. The summed E-state index contributed by atoms with van der Waals surface area (Å²) in [5.41, 5.74) is 0. The summed E-state index contributed by atoms with van der Waals surface area (Å²) in [4.78, 5) is 5.07. The van der Waals surface area contributed by atoms with E-state index >= 15 is 0 Å². The van der Waals surface area contributed by atoms with Crippen molar-refractivity contribution in [1.29, 1.82) is 0 Å². The molecule has 1 saturated heterocycles. The van der Waals surface area contributed by atoms with Gasteiger partial charge in [-0.1, -0.05) is 32.1 Å². The van der Waals surface area contributed by atoms with Crippen LogP contribution in [0.1, 0.15) is 72.6 Å². The van der Waals surface area contributed by atoms with Gasteiger partial charge in [-0.25, -0.2) is 0 Å². The van der Waals surface area contributed by atoms with E-state index in [2.05, 4.69) is 37.5 Å². The summed E-state index contributed by atoms with van der Waals surface area (Å²) in [6, 6.07) is 2.38. The van der Waals surface area contributed by atoms with Gasteiger partial charge < -0.3 is 9.80 Å². The highest BCUT2D eigenvalue weighted by molar-refractivity contribution is 7.80. The summed E-state index contributed by atoms with van der Waals surface area (Å²) in [5.74, 6) is 0. The quantitative estimate of drug-likeness (QED) is 0.701. The summed E-state index contributed by atoms with van der Waals surface area (Å²) in [5, 5.41) is 1.11. The normalized spacial score (nSPS) is 29.5. The van der Waals surface area contributed by atoms with Crippen LogP contribution < -0.4 is 0 Å². The summed E-state index contributed by atoms with van der Waals surface area (Å²) in [6.07, 6.45) is 9.64. The molecule has 2 nitrogen and oxygen atoms in total. The number of rotatable bonds is 2. The summed E-state index contributed by atoms with van der Waals surface area (Å²) in [7, 11) is 0. The first kappa shape index (κ1) is 15.1. The summed E-state index contributed by atoms with van der Waals surface area (Å²) >= 11 is 5.80. The van der Waals surface area contributed by atoms with Gasteiger partial charge in [0.1, 0.15) is 0 Å². The second kappa shape index (κ2) is 6.43. The molecular weight excluding hydrogens is 252 g/mol. The van der Waals surface area contributed by atoms with Crippen LogP contribution in [0, 0.1) is 0 Å². The molecule has 1 heterocycles. The average Bonchev–Trinajstić information content (AvgIpc) is 2.64. The van der Waals surface area contributed by atoms with Crippen molar-refractivity contribution in [3.8, 4) is 0 Å². The van der Waals surface area contributed by atoms with Gasteiger partial charge in [0.15, 0.2) is 5.11 Å². The minimum absolute atomic E-state index is 0.532. The Kier molecular flexibility index (Phi) is 5.10. The first-order valence-corrected chi connectivity index (χ1v) is 8.55. The van der Waals surface area contributed by atoms with Crippen LogP contribution in [-0.4, -0.2) is 39.1 Å². The molecule has 0 amide bonds. The van der Waals surface area contributed by atoms with Crippen molar-refractivity contribution in [3.05, 3.63) is 0 Å². The largest absolute Gasteiger partial charge is 0.342 e. The number of fused-ring (bicyclic) bond motifs is 1. The molecule has 0 aromatic carbocycles. The molecule has 0 spiro atoms. The smallest absolute Gasteiger partial charge is 0.172 e. The Bertz CT molecular complexity index is 286. The third kappa shape index (κ3) is 3.07. The standard InChI is InChI=1S/C16H30N2S/c1-12(2)17-14-10-8-6-5-7-9-11-15(14)18(13(3)4)16(17)19/h12-15H,5-11H2,1-4H3. The molecule has 0 N–H and O–H groups in total.